The third kappa shape index (κ3) is 11.5. The molecule has 0 radical (unpaired) electrons. The summed E-state index contributed by atoms with van der Waals surface area (Å²) in [6.07, 6.45) is 14.9. The van der Waals surface area contributed by atoms with Crippen LogP contribution in [0.5, 0.6) is 5.75 Å². The van der Waals surface area contributed by atoms with Crippen LogP contribution in [0.2, 0.25) is 0 Å². The minimum Gasteiger partial charge on any atom is -0.491 e. The van der Waals surface area contributed by atoms with Crippen LogP contribution in [0, 0.1) is 35.1 Å². The van der Waals surface area contributed by atoms with Crippen molar-refractivity contribution in [2.24, 2.45) is 11.8 Å². The third-order valence-electron chi connectivity index (χ3n) is 5.16. The minimum atomic E-state index is -1.86. The highest BCUT2D eigenvalue weighted by molar-refractivity contribution is 5.27. The summed E-state index contributed by atoms with van der Waals surface area (Å²) in [5.41, 5.74) is 0. The van der Waals surface area contributed by atoms with Gasteiger partial charge in [-0.05, 0) is 18.8 Å². The summed E-state index contributed by atoms with van der Waals surface area (Å²) in [6, 6.07) is 0.469. The third-order valence-corrected chi connectivity index (χ3v) is 5.16. The van der Waals surface area contributed by atoms with Crippen molar-refractivity contribution >= 4 is 0 Å². The molecule has 2 aliphatic rings. The molecule has 5 heteroatoms. The molecule has 0 bridgehead atoms. The first-order chi connectivity index (χ1) is 13.9. The van der Waals surface area contributed by atoms with Crippen LogP contribution in [0.3, 0.4) is 0 Å². The molecule has 1 aromatic carbocycles. The molecule has 0 aromatic heterocycles. The van der Waals surface area contributed by atoms with Crippen LogP contribution in [0.4, 0.5) is 17.6 Å². The molecule has 2 aliphatic carbocycles. The molecule has 0 amide bonds. The fraction of sp³-hybridized carbons (Fsp3) is 0.750. The molecule has 2 fully saturated rings. The quantitative estimate of drug-likeness (QED) is 0.264. The highest BCUT2D eigenvalue weighted by Gasteiger charge is 2.19. The first kappa shape index (κ1) is 27.7. The van der Waals surface area contributed by atoms with Crippen LogP contribution in [0.25, 0.3) is 0 Å². The molecule has 0 heterocycles. The number of hydrogen-bond donors (Lipinski definition) is 0. The highest BCUT2D eigenvalue weighted by Crippen LogP contribution is 2.24. The Morgan fingerprint density at radius 2 is 1.14 bits per heavy atom. The summed E-state index contributed by atoms with van der Waals surface area (Å²) in [5.74, 6) is -5.23. The largest absolute Gasteiger partial charge is 0.491 e. The molecular weight excluding hydrogens is 380 g/mol. The van der Waals surface area contributed by atoms with Crippen LogP contribution in [0.1, 0.15) is 98.8 Å². The Bertz CT molecular complexity index is 520. The van der Waals surface area contributed by atoms with E-state index in [1.54, 1.807) is 0 Å². The Hall–Kier alpha value is -1.26. The fourth-order valence-electron chi connectivity index (χ4n) is 3.43. The molecule has 0 aliphatic heterocycles. The van der Waals surface area contributed by atoms with Gasteiger partial charge in [0.1, 0.15) is 0 Å². The Morgan fingerprint density at radius 1 is 0.724 bits per heavy atom. The van der Waals surface area contributed by atoms with Gasteiger partial charge < -0.3 is 4.74 Å². The summed E-state index contributed by atoms with van der Waals surface area (Å²) in [5, 5.41) is 0. The van der Waals surface area contributed by atoms with E-state index in [9.17, 15) is 17.6 Å². The lowest BCUT2D eigenvalue weighted by Gasteiger charge is -2.15. The van der Waals surface area contributed by atoms with E-state index in [1.807, 2.05) is 13.8 Å². The van der Waals surface area contributed by atoms with Gasteiger partial charge in [-0.15, -0.1) is 0 Å². The van der Waals surface area contributed by atoms with Crippen LogP contribution in [-0.4, -0.2) is 6.61 Å². The lowest BCUT2D eigenvalue weighted by atomic mass is 9.91. The van der Waals surface area contributed by atoms with Crippen LogP contribution < -0.4 is 4.74 Å². The molecule has 2 saturated carbocycles. The van der Waals surface area contributed by atoms with Gasteiger partial charge in [0.2, 0.25) is 11.6 Å². The van der Waals surface area contributed by atoms with Gasteiger partial charge >= 0.3 is 0 Å². The molecule has 0 spiro atoms. The number of halogens is 4. The number of rotatable bonds is 2. The van der Waals surface area contributed by atoms with E-state index >= 15 is 0 Å². The second-order valence-electron chi connectivity index (χ2n) is 7.72. The van der Waals surface area contributed by atoms with Gasteiger partial charge in [-0.2, -0.15) is 4.39 Å². The molecule has 3 rings (SSSR count). The maximum Gasteiger partial charge on any atom is 0.203 e. The Morgan fingerprint density at radius 3 is 1.45 bits per heavy atom. The molecule has 0 saturated heterocycles. The van der Waals surface area contributed by atoms with E-state index in [2.05, 4.69) is 18.6 Å². The van der Waals surface area contributed by atoms with Crippen molar-refractivity contribution in [3.8, 4) is 5.75 Å². The van der Waals surface area contributed by atoms with E-state index in [4.69, 9.17) is 0 Å². The zero-order chi connectivity index (χ0) is 22.2. The predicted octanol–water partition coefficient (Wildman–Crippen LogP) is 8.84. The van der Waals surface area contributed by atoms with Gasteiger partial charge in [0.25, 0.3) is 0 Å². The molecule has 0 N–H and O–H groups in total. The van der Waals surface area contributed by atoms with Crippen molar-refractivity contribution in [3.63, 3.8) is 0 Å². The fourth-order valence-corrected chi connectivity index (χ4v) is 3.43. The molecule has 0 atom stereocenters. The predicted molar refractivity (Wildman–Crippen MR) is 113 cm³/mol. The Labute approximate surface area is 175 Å². The molecule has 1 aromatic rings. The van der Waals surface area contributed by atoms with E-state index in [1.165, 1.54) is 71.1 Å². The molecule has 170 valence electrons. The number of ether oxygens (including phenoxy) is 1. The van der Waals surface area contributed by atoms with Crippen molar-refractivity contribution in [1.29, 1.82) is 0 Å². The second kappa shape index (κ2) is 16.5. The molecule has 0 unspecified atom stereocenters. The van der Waals surface area contributed by atoms with Crippen LogP contribution in [-0.2, 0) is 0 Å². The second-order valence-corrected chi connectivity index (χ2v) is 7.72. The van der Waals surface area contributed by atoms with Gasteiger partial charge in [-0.25, -0.2) is 13.2 Å². The maximum absolute atomic E-state index is 12.7. The van der Waals surface area contributed by atoms with Gasteiger partial charge in [-0.1, -0.05) is 91.9 Å². The average molecular weight is 421 g/mol. The van der Waals surface area contributed by atoms with Gasteiger partial charge in [-0.3, -0.25) is 0 Å². The van der Waals surface area contributed by atoms with Gasteiger partial charge in [0, 0.05) is 6.07 Å². The van der Waals surface area contributed by atoms with Crippen molar-refractivity contribution < 1.29 is 22.3 Å². The summed E-state index contributed by atoms with van der Waals surface area (Å²) in [4.78, 5) is 0. The maximum atomic E-state index is 12.7. The first-order valence-corrected chi connectivity index (χ1v) is 11.3. The minimum absolute atomic E-state index is 0.0431. The first-order valence-electron chi connectivity index (χ1n) is 11.3. The normalized spacial score (nSPS) is 17.0. The lowest BCUT2D eigenvalue weighted by molar-refractivity contribution is 0.302. The Balaban J connectivity index is 0.000000416. The SMILES string of the molecule is CC.CC1CCCCC1.CC1CCCCC1.CCOc1cc(F)c(F)c(F)c1F. The van der Waals surface area contributed by atoms with Gasteiger partial charge in [0.05, 0.1) is 6.61 Å². The topological polar surface area (TPSA) is 9.23 Å². The smallest absolute Gasteiger partial charge is 0.203 e. The summed E-state index contributed by atoms with van der Waals surface area (Å²) in [7, 11) is 0. The summed E-state index contributed by atoms with van der Waals surface area (Å²) >= 11 is 0. The van der Waals surface area contributed by atoms with Crippen LogP contribution >= 0.6 is 0 Å². The van der Waals surface area contributed by atoms with Crippen molar-refractivity contribution in [1.82, 2.24) is 0 Å². The molecular formula is C24H40F4O. The van der Waals surface area contributed by atoms with Crippen molar-refractivity contribution in [2.45, 2.75) is 98.8 Å². The monoisotopic (exact) mass is 420 g/mol. The van der Waals surface area contributed by atoms with Crippen molar-refractivity contribution in [3.05, 3.63) is 29.3 Å². The van der Waals surface area contributed by atoms with Gasteiger partial charge in [0.15, 0.2) is 17.4 Å². The lowest BCUT2D eigenvalue weighted by Crippen LogP contribution is -2.01. The zero-order valence-corrected chi connectivity index (χ0v) is 18.9. The molecule has 29 heavy (non-hydrogen) atoms. The number of hydrogen-bond acceptors (Lipinski definition) is 1. The van der Waals surface area contributed by atoms with E-state index in [0.717, 1.165) is 11.8 Å². The Kier molecular flexibility index (Phi) is 15.8. The zero-order valence-electron chi connectivity index (χ0n) is 18.9. The number of benzene rings is 1. The van der Waals surface area contributed by atoms with Crippen molar-refractivity contribution in [2.75, 3.05) is 6.61 Å². The summed E-state index contributed by atoms with van der Waals surface area (Å²) < 4.78 is 54.6. The highest BCUT2D eigenvalue weighted by atomic mass is 19.2. The summed E-state index contributed by atoms with van der Waals surface area (Å²) in [6.45, 7) is 10.3. The van der Waals surface area contributed by atoms with E-state index in [-0.39, 0.29) is 6.61 Å². The van der Waals surface area contributed by atoms with E-state index in [0.29, 0.717) is 6.07 Å². The standard InChI is InChI=1S/C8H6F4O.2C7H14.C2H6/c1-2-13-5-3-4(9)6(10)8(12)7(5)11;2*1-7-5-3-2-4-6-7;1-2/h3H,2H2,1H3;2*7H,2-6H2,1H3;1-2H3. The molecule has 1 nitrogen and oxygen atoms in total. The van der Waals surface area contributed by atoms with E-state index < -0.39 is 29.0 Å². The van der Waals surface area contributed by atoms with Crippen LogP contribution in [0.15, 0.2) is 6.07 Å². The average Bonchev–Trinajstić information content (AvgIpc) is 2.74.